The van der Waals surface area contributed by atoms with Crippen LogP contribution in [0.3, 0.4) is 0 Å². The maximum atomic E-state index is 13.0. The molecule has 0 aliphatic carbocycles. The van der Waals surface area contributed by atoms with Crippen molar-refractivity contribution in [3.63, 3.8) is 0 Å². The fourth-order valence-corrected chi connectivity index (χ4v) is 2.99. The number of rotatable bonds is 10. The molecule has 2 rings (SSSR count). The van der Waals surface area contributed by atoms with Gasteiger partial charge in [0.25, 0.3) is 5.91 Å². The number of carbonyl (C=O) groups is 3. The Kier molecular flexibility index (Phi) is 10.7. The van der Waals surface area contributed by atoms with E-state index in [-0.39, 0.29) is 42.8 Å². The van der Waals surface area contributed by atoms with Crippen molar-refractivity contribution in [2.24, 2.45) is 5.92 Å². The third kappa shape index (κ3) is 9.49. The SMILES string of the molecule is CC(C)CN(CC(=O)N(Cc1ccccc1)NC(=O)CBr)NC(=O)OCc1ccccc1. The lowest BCUT2D eigenvalue weighted by molar-refractivity contribution is -0.142. The fraction of sp³-hybridized carbons (Fsp3) is 0.348. The van der Waals surface area contributed by atoms with E-state index in [1.54, 1.807) is 0 Å². The van der Waals surface area contributed by atoms with Crippen LogP contribution in [0.5, 0.6) is 0 Å². The lowest BCUT2D eigenvalue weighted by Gasteiger charge is -2.28. The van der Waals surface area contributed by atoms with Gasteiger partial charge in [0.1, 0.15) is 6.61 Å². The second-order valence-electron chi connectivity index (χ2n) is 7.58. The highest BCUT2D eigenvalue weighted by Gasteiger charge is 2.22. The van der Waals surface area contributed by atoms with Gasteiger partial charge >= 0.3 is 6.09 Å². The molecule has 0 aromatic heterocycles. The van der Waals surface area contributed by atoms with E-state index in [9.17, 15) is 14.4 Å². The third-order valence-electron chi connectivity index (χ3n) is 4.24. The zero-order valence-corrected chi connectivity index (χ0v) is 19.9. The van der Waals surface area contributed by atoms with Crippen molar-refractivity contribution in [3.8, 4) is 0 Å². The molecule has 0 aliphatic rings. The lowest BCUT2D eigenvalue weighted by Crippen LogP contribution is -2.53. The van der Waals surface area contributed by atoms with E-state index in [1.165, 1.54) is 10.0 Å². The molecule has 0 saturated heterocycles. The highest BCUT2D eigenvalue weighted by atomic mass is 79.9. The van der Waals surface area contributed by atoms with Crippen molar-refractivity contribution >= 4 is 33.8 Å². The topological polar surface area (TPSA) is 91.0 Å². The van der Waals surface area contributed by atoms with E-state index in [1.807, 2.05) is 74.5 Å². The van der Waals surface area contributed by atoms with E-state index in [0.29, 0.717) is 6.54 Å². The van der Waals surface area contributed by atoms with Gasteiger partial charge in [-0.25, -0.2) is 14.8 Å². The molecule has 0 aliphatic heterocycles. The monoisotopic (exact) mass is 504 g/mol. The number of nitrogens with one attached hydrogen (secondary N) is 2. The molecule has 2 aromatic carbocycles. The van der Waals surface area contributed by atoms with Crippen LogP contribution < -0.4 is 10.9 Å². The van der Waals surface area contributed by atoms with Gasteiger partial charge < -0.3 is 4.74 Å². The van der Waals surface area contributed by atoms with Crippen LogP contribution in [0.1, 0.15) is 25.0 Å². The van der Waals surface area contributed by atoms with Crippen molar-refractivity contribution in [1.29, 1.82) is 0 Å². The number of ether oxygens (including phenoxy) is 1. The molecule has 0 saturated carbocycles. The number of nitrogens with zero attached hydrogens (tertiary/aromatic N) is 2. The van der Waals surface area contributed by atoms with Crippen molar-refractivity contribution < 1.29 is 19.1 Å². The van der Waals surface area contributed by atoms with E-state index in [0.717, 1.165) is 11.1 Å². The molecule has 0 radical (unpaired) electrons. The molecule has 9 heteroatoms. The van der Waals surface area contributed by atoms with Crippen LogP contribution >= 0.6 is 15.9 Å². The summed E-state index contributed by atoms with van der Waals surface area (Å²) in [6.07, 6.45) is -0.651. The number of hydrogen-bond donors (Lipinski definition) is 2. The summed E-state index contributed by atoms with van der Waals surface area (Å²) in [6, 6.07) is 18.7. The average molecular weight is 505 g/mol. The van der Waals surface area contributed by atoms with Gasteiger partial charge in [-0.15, -0.1) is 0 Å². The van der Waals surface area contributed by atoms with Crippen molar-refractivity contribution in [2.75, 3.05) is 18.4 Å². The Bertz CT molecular complexity index is 865. The number of alkyl halides is 1. The summed E-state index contributed by atoms with van der Waals surface area (Å²) in [4.78, 5) is 37.2. The number of halogens is 1. The van der Waals surface area contributed by atoms with E-state index >= 15 is 0 Å². The molecule has 0 bridgehead atoms. The largest absolute Gasteiger partial charge is 0.444 e. The van der Waals surface area contributed by atoms with Crippen LogP contribution in [0.2, 0.25) is 0 Å². The Hall–Kier alpha value is -2.91. The average Bonchev–Trinajstić information content (AvgIpc) is 2.78. The zero-order valence-electron chi connectivity index (χ0n) is 18.3. The summed E-state index contributed by atoms with van der Waals surface area (Å²) in [7, 11) is 0. The van der Waals surface area contributed by atoms with Gasteiger partial charge in [0.2, 0.25) is 5.91 Å². The Labute approximate surface area is 197 Å². The van der Waals surface area contributed by atoms with Gasteiger partial charge in [-0.3, -0.25) is 20.4 Å². The Morgan fingerprint density at radius 1 is 0.938 bits per heavy atom. The quantitative estimate of drug-likeness (QED) is 0.382. The minimum absolute atomic E-state index is 0.0609. The Morgan fingerprint density at radius 3 is 2.09 bits per heavy atom. The fourth-order valence-electron chi connectivity index (χ4n) is 2.86. The molecule has 172 valence electrons. The van der Waals surface area contributed by atoms with Crippen LogP contribution in [-0.2, 0) is 27.5 Å². The first-order chi connectivity index (χ1) is 15.4. The molecular weight excluding hydrogens is 476 g/mol. The standard InChI is InChI=1S/C23H29BrN4O4/c1-18(2)14-27(26-23(31)32-17-20-11-7-4-8-12-20)16-22(30)28(25-21(29)13-24)15-19-9-5-3-6-10-19/h3-12,18H,13-17H2,1-2H3,(H,25,29)(H,26,31). The van der Waals surface area contributed by atoms with E-state index in [2.05, 4.69) is 26.8 Å². The summed E-state index contributed by atoms with van der Waals surface area (Å²) in [6.45, 7) is 4.57. The molecule has 0 atom stereocenters. The predicted molar refractivity (Wildman–Crippen MR) is 125 cm³/mol. The van der Waals surface area contributed by atoms with E-state index in [4.69, 9.17) is 4.74 Å². The maximum absolute atomic E-state index is 13.0. The molecule has 3 amide bonds. The van der Waals surface area contributed by atoms with Gasteiger partial charge in [0, 0.05) is 6.54 Å². The number of amides is 3. The van der Waals surface area contributed by atoms with Gasteiger partial charge in [0.15, 0.2) is 0 Å². The third-order valence-corrected chi connectivity index (χ3v) is 4.75. The summed E-state index contributed by atoms with van der Waals surface area (Å²) >= 11 is 3.10. The molecule has 0 heterocycles. The number of hydrogen-bond acceptors (Lipinski definition) is 5. The molecule has 2 N–H and O–H groups in total. The Balaban J connectivity index is 2.01. The lowest BCUT2D eigenvalue weighted by atomic mass is 10.2. The van der Waals surface area contributed by atoms with Crippen LogP contribution in [0.25, 0.3) is 0 Å². The zero-order chi connectivity index (χ0) is 23.3. The molecule has 0 fully saturated rings. The minimum atomic E-state index is -0.651. The van der Waals surface area contributed by atoms with Crippen LogP contribution in [0.15, 0.2) is 60.7 Å². The molecule has 0 unspecified atom stereocenters. The highest BCUT2D eigenvalue weighted by molar-refractivity contribution is 9.09. The first-order valence-electron chi connectivity index (χ1n) is 10.3. The minimum Gasteiger partial charge on any atom is -0.444 e. The first kappa shape index (κ1) is 25.4. The van der Waals surface area contributed by atoms with Gasteiger partial charge in [-0.05, 0) is 17.0 Å². The Morgan fingerprint density at radius 2 is 1.53 bits per heavy atom. The van der Waals surface area contributed by atoms with Crippen molar-refractivity contribution in [1.82, 2.24) is 20.9 Å². The highest BCUT2D eigenvalue weighted by Crippen LogP contribution is 2.06. The summed E-state index contributed by atoms with van der Waals surface area (Å²) in [5.41, 5.74) is 6.96. The van der Waals surface area contributed by atoms with Crippen LogP contribution in [0.4, 0.5) is 4.79 Å². The molecule has 0 spiro atoms. The number of carbonyl (C=O) groups excluding carboxylic acids is 3. The molecule has 8 nitrogen and oxygen atoms in total. The molecule has 32 heavy (non-hydrogen) atoms. The van der Waals surface area contributed by atoms with Crippen LogP contribution in [-0.4, -0.2) is 46.3 Å². The van der Waals surface area contributed by atoms with Crippen molar-refractivity contribution in [2.45, 2.75) is 27.0 Å². The van der Waals surface area contributed by atoms with E-state index < -0.39 is 6.09 Å². The van der Waals surface area contributed by atoms with Gasteiger partial charge in [0.05, 0.1) is 18.4 Å². The predicted octanol–water partition coefficient (Wildman–Crippen LogP) is 3.24. The van der Waals surface area contributed by atoms with Crippen molar-refractivity contribution in [3.05, 3.63) is 71.8 Å². The smallest absolute Gasteiger partial charge is 0.422 e. The second kappa shape index (κ2) is 13.5. The molecule has 2 aromatic rings. The van der Waals surface area contributed by atoms with Gasteiger partial charge in [-0.1, -0.05) is 90.4 Å². The van der Waals surface area contributed by atoms with Gasteiger partial charge in [-0.2, -0.15) is 0 Å². The van der Waals surface area contributed by atoms with Crippen LogP contribution in [0, 0.1) is 5.92 Å². The normalized spacial score (nSPS) is 10.7. The maximum Gasteiger partial charge on any atom is 0.422 e. The number of hydrazine groups is 2. The second-order valence-corrected chi connectivity index (χ2v) is 8.14. The number of benzene rings is 2. The molecular formula is C23H29BrN4O4. The summed E-state index contributed by atoms with van der Waals surface area (Å²) < 4.78 is 5.27. The first-order valence-corrected chi connectivity index (χ1v) is 11.4. The summed E-state index contributed by atoms with van der Waals surface area (Å²) in [5.74, 6) is -0.538. The summed E-state index contributed by atoms with van der Waals surface area (Å²) in [5, 5.41) is 2.81.